The van der Waals surface area contributed by atoms with Crippen molar-refractivity contribution in [2.75, 3.05) is 0 Å². The number of hydrogen-bond donors (Lipinski definition) is 1. The van der Waals surface area contributed by atoms with Crippen LogP contribution in [0.1, 0.15) is 12.5 Å². The predicted molar refractivity (Wildman–Crippen MR) is 99.2 cm³/mol. The van der Waals surface area contributed by atoms with Gasteiger partial charge in [-0.15, -0.1) is 0 Å². The molecule has 0 unspecified atom stereocenters. The van der Waals surface area contributed by atoms with Crippen molar-refractivity contribution in [3.63, 3.8) is 0 Å². The lowest BCUT2D eigenvalue weighted by molar-refractivity contribution is -0.385. The molecule has 1 aromatic heterocycles. The number of nitro benzene ring substituents is 1. The monoisotopic (exact) mass is 385 g/mol. The molecule has 27 heavy (non-hydrogen) atoms. The number of nitrogens with one attached hydrogen (secondary N) is 1. The topological polar surface area (TPSA) is 119 Å². The molecular weight excluding hydrogens is 370 g/mol. The fraction of sp³-hybridized carbons (Fsp3) is 0.0588. The first-order chi connectivity index (χ1) is 12.9. The second-order valence-electron chi connectivity index (χ2n) is 5.56. The normalized spacial score (nSPS) is 12.0. The lowest BCUT2D eigenvalue weighted by atomic mass is 10.1. The number of hydrazone groups is 1. The van der Waals surface area contributed by atoms with E-state index in [2.05, 4.69) is 14.9 Å². The molecule has 0 bridgehead atoms. The molecule has 0 atom stereocenters. The molecule has 10 heteroatoms. The van der Waals surface area contributed by atoms with Crippen molar-refractivity contribution in [2.24, 2.45) is 5.10 Å². The predicted octanol–water partition coefficient (Wildman–Crippen LogP) is 2.48. The highest BCUT2D eigenvalue weighted by Crippen LogP contribution is 2.17. The summed E-state index contributed by atoms with van der Waals surface area (Å²) in [6.07, 6.45) is 5.15. The first-order valence-corrected chi connectivity index (χ1v) is 9.24. The van der Waals surface area contributed by atoms with Crippen LogP contribution in [0.15, 0.2) is 77.2 Å². The third-order valence-corrected chi connectivity index (χ3v) is 4.97. The SMILES string of the molecule is C/C(=N\NS(=O)(=O)c1cccc([N+](=O)[O-])c1)c1ccc(-n2ccnc2)cc1. The fourth-order valence-corrected chi connectivity index (χ4v) is 3.19. The van der Waals surface area contributed by atoms with Crippen LogP contribution in [0.4, 0.5) is 5.69 Å². The van der Waals surface area contributed by atoms with E-state index in [1.54, 1.807) is 31.6 Å². The molecule has 3 aromatic rings. The van der Waals surface area contributed by atoms with Gasteiger partial charge in [-0.2, -0.15) is 18.4 Å². The van der Waals surface area contributed by atoms with Crippen LogP contribution in [-0.4, -0.2) is 28.6 Å². The van der Waals surface area contributed by atoms with Crippen molar-refractivity contribution >= 4 is 21.4 Å². The third kappa shape index (κ3) is 4.18. The average molecular weight is 385 g/mol. The minimum absolute atomic E-state index is 0.233. The molecule has 0 amide bonds. The van der Waals surface area contributed by atoms with Gasteiger partial charge in [0.25, 0.3) is 15.7 Å². The van der Waals surface area contributed by atoms with Gasteiger partial charge >= 0.3 is 0 Å². The fourth-order valence-electron chi connectivity index (χ4n) is 2.30. The van der Waals surface area contributed by atoms with Gasteiger partial charge in [0.05, 0.1) is 21.9 Å². The highest BCUT2D eigenvalue weighted by Gasteiger charge is 2.17. The Bertz CT molecular complexity index is 1090. The number of rotatable bonds is 6. The van der Waals surface area contributed by atoms with Crippen LogP contribution >= 0.6 is 0 Å². The highest BCUT2D eigenvalue weighted by molar-refractivity contribution is 7.89. The van der Waals surface area contributed by atoms with Gasteiger partial charge in [-0.05, 0) is 30.7 Å². The van der Waals surface area contributed by atoms with E-state index in [1.807, 2.05) is 22.9 Å². The lowest BCUT2D eigenvalue weighted by Crippen LogP contribution is -2.20. The number of imidazole rings is 1. The Hall–Kier alpha value is -3.53. The minimum atomic E-state index is -4.02. The molecular formula is C17H15N5O4S. The van der Waals surface area contributed by atoms with Crippen molar-refractivity contribution in [3.8, 4) is 5.69 Å². The molecule has 0 spiro atoms. The number of benzene rings is 2. The molecule has 0 radical (unpaired) electrons. The van der Waals surface area contributed by atoms with Crippen LogP contribution in [0.3, 0.4) is 0 Å². The number of non-ortho nitro benzene ring substituents is 1. The molecule has 0 fully saturated rings. The molecule has 9 nitrogen and oxygen atoms in total. The van der Waals surface area contributed by atoms with Crippen molar-refractivity contribution in [1.29, 1.82) is 0 Å². The summed E-state index contributed by atoms with van der Waals surface area (Å²) in [5, 5.41) is 14.7. The highest BCUT2D eigenvalue weighted by atomic mass is 32.2. The van der Waals surface area contributed by atoms with Crippen LogP contribution in [0, 0.1) is 10.1 Å². The zero-order valence-corrected chi connectivity index (χ0v) is 15.0. The summed E-state index contributed by atoms with van der Waals surface area (Å²) < 4.78 is 26.4. The molecule has 0 aliphatic rings. The van der Waals surface area contributed by atoms with Crippen LogP contribution in [0.25, 0.3) is 5.69 Å². The van der Waals surface area contributed by atoms with Gasteiger partial charge in [0.2, 0.25) is 0 Å². The summed E-state index contributed by atoms with van der Waals surface area (Å²) in [5.41, 5.74) is 1.76. The number of nitrogens with zero attached hydrogens (tertiary/aromatic N) is 4. The first kappa shape index (κ1) is 18.3. The summed E-state index contributed by atoms with van der Waals surface area (Å²) >= 11 is 0. The maximum absolute atomic E-state index is 12.3. The number of aromatic nitrogens is 2. The van der Waals surface area contributed by atoms with Gasteiger partial charge in [-0.1, -0.05) is 18.2 Å². The number of hydrogen-bond acceptors (Lipinski definition) is 6. The second kappa shape index (κ2) is 7.38. The van der Waals surface area contributed by atoms with Gasteiger partial charge in [-0.25, -0.2) is 4.98 Å². The van der Waals surface area contributed by atoms with E-state index >= 15 is 0 Å². The van der Waals surface area contributed by atoms with Crippen LogP contribution < -0.4 is 4.83 Å². The molecule has 138 valence electrons. The molecule has 2 aromatic carbocycles. The van der Waals surface area contributed by atoms with Gasteiger partial charge in [0.15, 0.2) is 0 Å². The quantitative estimate of drug-likeness (QED) is 0.397. The third-order valence-electron chi connectivity index (χ3n) is 3.76. The minimum Gasteiger partial charge on any atom is -0.306 e. The summed E-state index contributed by atoms with van der Waals surface area (Å²) in [4.78, 5) is 16.0. The maximum Gasteiger partial charge on any atom is 0.276 e. The zero-order chi connectivity index (χ0) is 19.4. The van der Waals surface area contributed by atoms with Crippen molar-refractivity contribution in [2.45, 2.75) is 11.8 Å². The van der Waals surface area contributed by atoms with Gasteiger partial charge in [0, 0.05) is 30.2 Å². The summed E-state index contributed by atoms with van der Waals surface area (Å²) in [6.45, 7) is 1.65. The van der Waals surface area contributed by atoms with Crippen molar-refractivity contribution in [1.82, 2.24) is 14.4 Å². The number of nitro groups is 1. The van der Waals surface area contributed by atoms with Gasteiger partial charge in [-0.3, -0.25) is 10.1 Å². The molecule has 0 saturated heterocycles. The van der Waals surface area contributed by atoms with E-state index in [0.29, 0.717) is 5.71 Å². The van der Waals surface area contributed by atoms with E-state index in [0.717, 1.165) is 17.3 Å². The summed E-state index contributed by atoms with van der Waals surface area (Å²) in [5.74, 6) is 0. The molecule has 3 rings (SSSR count). The average Bonchev–Trinajstić information content (AvgIpc) is 3.21. The lowest BCUT2D eigenvalue weighted by Gasteiger charge is -2.07. The summed E-state index contributed by atoms with van der Waals surface area (Å²) in [7, 11) is -4.02. The van der Waals surface area contributed by atoms with Crippen LogP contribution in [-0.2, 0) is 10.0 Å². The Morgan fingerprint density at radius 3 is 2.59 bits per heavy atom. The molecule has 1 heterocycles. The molecule has 0 aliphatic carbocycles. The van der Waals surface area contributed by atoms with Crippen molar-refractivity contribution < 1.29 is 13.3 Å². The zero-order valence-electron chi connectivity index (χ0n) is 14.2. The van der Waals surface area contributed by atoms with Gasteiger partial charge in [0.1, 0.15) is 0 Å². The first-order valence-electron chi connectivity index (χ1n) is 7.76. The Morgan fingerprint density at radius 2 is 1.96 bits per heavy atom. The largest absolute Gasteiger partial charge is 0.306 e. The van der Waals surface area contributed by atoms with E-state index in [-0.39, 0.29) is 10.6 Å². The molecule has 0 aliphatic heterocycles. The number of sulfonamides is 1. The van der Waals surface area contributed by atoms with Crippen LogP contribution in [0.5, 0.6) is 0 Å². The second-order valence-corrected chi connectivity index (χ2v) is 7.22. The molecule has 1 N–H and O–H groups in total. The van der Waals surface area contributed by atoms with Crippen LogP contribution in [0.2, 0.25) is 0 Å². The van der Waals surface area contributed by atoms with E-state index in [1.165, 1.54) is 18.2 Å². The van der Waals surface area contributed by atoms with E-state index in [9.17, 15) is 18.5 Å². The van der Waals surface area contributed by atoms with Gasteiger partial charge < -0.3 is 4.57 Å². The summed E-state index contributed by atoms with van der Waals surface area (Å²) in [6, 6.07) is 12.1. The Kier molecular flexibility index (Phi) is 4.99. The Morgan fingerprint density at radius 1 is 1.22 bits per heavy atom. The smallest absolute Gasteiger partial charge is 0.276 e. The standard InChI is InChI=1S/C17H15N5O4S/c1-13(14-5-7-15(8-6-14)21-10-9-18-12-21)19-20-27(25,26)17-4-2-3-16(11-17)22(23)24/h2-12,20H,1H3/b19-13+. The van der Waals surface area contributed by atoms with Crippen molar-refractivity contribution in [3.05, 3.63) is 82.9 Å². The maximum atomic E-state index is 12.3. The van der Waals surface area contributed by atoms with E-state index < -0.39 is 14.9 Å². The Labute approximate surface area is 155 Å². The Balaban J connectivity index is 1.78. The molecule has 0 saturated carbocycles. The van der Waals surface area contributed by atoms with E-state index in [4.69, 9.17) is 0 Å².